The van der Waals surface area contributed by atoms with Gasteiger partial charge in [-0.15, -0.1) is 35.3 Å². The molecule has 0 aliphatic carbocycles. The zero-order valence-electron chi connectivity index (χ0n) is 16.0. The Morgan fingerprint density at radius 2 is 2.00 bits per heavy atom. The number of hydrogen-bond donors (Lipinski definition) is 3. The lowest BCUT2D eigenvalue weighted by Gasteiger charge is -2.24. The van der Waals surface area contributed by atoms with Crippen LogP contribution >= 0.6 is 35.3 Å². The minimum absolute atomic E-state index is 0. The topological polar surface area (TPSA) is 55.5 Å². The molecule has 0 fully saturated rings. The summed E-state index contributed by atoms with van der Waals surface area (Å²) in [4.78, 5) is 11.3. The SMILES string of the molecule is CN=C(NCCc1c[nH]c2ccccc12)NCC(c1cccs1)N(C)C.I. The van der Waals surface area contributed by atoms with Crippen LogP contribution in [0, 0.1) is 0 Å². The number of H-pyrrole nitrogens is 1. The van der Waals surface area contributed by atoms with Crippen molar-refractivity contribution in [2.75, 3.05) is 34.2 Å². The molecule has 1 atom stereocenters. The van der Waals surface area contributed by atoms with Crippen LogP contribution < -0.4 is 10.6 Å². The Kier molecular flexibility index (Phi) is 8.59. The van der Waals surface area contributed by atoms with E-state index in [2.05, 4.69) is 87.6 Å². The summed E-state index contributed by atoms with van der Waals surface area (Å²) in [5.74, 6) is 0.841. The highest BCUT2D eigenvalue weighted by Gasteiger charge is 2.15. The normalized spacial score (nSPS) is 12.8. The molecule has 146 valence electrons. The van der Waals surface area contributed by atoms with Gasteiger partial charge in [-0.05, 0) is 43.6 Å². The molecule has 0 saturated heterocycles. The average Bonchev–Trinajstić information content (AvgIpc) is 3.30. The predicted octanol–water partition coefficient (Wildman–Crippen LogP) is 3.86. The number of rotatable bonds is 7. The molecule has 0 spiro atoms. The van der Waals surface area contributed by atoms with Gasteiger partial charge in [-0.25, -0.2) is 0 Å². The van der Waals surface area contributed by atoms with E-state index >= 15 is 0 Å². The summed E-state index contributed by atoms with van der Waals surface area (Å²) in [7, 11) is 6.04. The zero-order valence-corrected chi connectivity index (χ0v) is 19.2. The summed E-state index contributed by atoms with van der Waals surface area (Å²) in [5, 5.41) is 10.3. The molecule has 2 aromatic heterocycles. The van der Waals surface area contributed by atoms with E-state index in [0.29, 0.717) is 6.04 Å². The van der Waals surface area contributed by atoms with Crippen LogP contribution in [-0.4, -0.2) is 50.1 Å². The number of aromatic nitrogens is 1. The van der Waals surface area contributed by atoms with Crippen molar-refractivity contribution in [3.8, 4) is 0 Å². The van der Waals surface area contributed by atoms with Gasteiger partial charge in [0, 0.05) is 42.1 Å². The molecule has 27 heavy (non-hydrogen) atoms. The number of nitrogens with one attached hydrogen (secondary N) is 3. The van der Waals surface area contributed by atoms with Crippen molar-refractivity contribution in [3.63, 3.8) is 0 Å². The van der Waals surface area contributed by atoms with E-state index in [-0.39, 0.29) is 24.0 Å². The van der Waals surface area contributed by atoms with Crippen molar-refractivity contribution in [2.24, 2.45) is 4.99 Å². The maximum Gasteiger partial charge on any atom is 0.191 e. The number of fused-ring (bicyclic) bond motifs is 1. The van der Waals surface area contributed by atoms with E-state index in [1.807, 2.05) is 7.05 Å². The van der Waals surface area contributed by atoms with Crippen molar-refractivity contribution >= 4 is 52.2 Å². The third-order valence-corrected chi connectivity index (χ3v) is 5.52. The maximum atomic E-state index is 4.35. The summed E-state index contributed by atoms with van der Waals surface area (Å²) in [5.41, 5.74) is 2.52. The van der Waals surface area contributed by atoms with Gasteiger partial charge in [0.2, 0.25) is 0 Å². The van der Waals surface area contributed by atoms with Gasteiger partial charge in [0.15, 0.2) is 5.96 Å². The Bertz CT molecular complexity index is 841. The van der Waals surface area contributed by atoms with Gasteiger partial charge in [-0.3, -0.25) is 4.99 Å². The Hall–Kier alpha value is -1.58. The molecule has 0 aliphatic rings. The zero-order chi connectivity index (χ0) is 18.4. The summed E-state index contributed by atoms with van der Waals surface area (Å²) >= 11 is 1.79. The molecule has 0 aliphatic heterocycles. The number of benzene rings is 1. The number of nitrogens with zero attached hydrogens (tertiary/aromatic N) is 2. The van der Waals surface area contributed by atoms with Crippen molar-refractivity contribution in [2.45, 2.75) is 12.5 Å². The Labute approximate surface area is 182 Å². The van der Waals surface area contributed by atoms with Crippen LogP contribution in [0.5, 0.6) is 0 Å². The second kappa shape index (κ2) is 10.7. The fourth-order valence-corrected chi connectivity index (χ4v) is 4.01. The molecule has 0 bridgehead atoms. The van der Waals surface area contributed by atoms with Gasteiger partial charge in [0.25, 0.3) is 0 Å². The number of guanidine groups is 1. The Morgan fingerprint density at radius 3 is 2.70 bits per heavy atom. The van der Waals surface area contributed by atoms with E-state index in [0.717, 1.165) is 25.5 Å². The number of hydrogen-bond acceptors (Lipinski definition) is 3. The largest absolute Gasteiger partial charge is 0.361 e. The minimum atomic E-state index is 0. The first-order valence-electron chi connectivity index (χ1n) is 8.88. The first-order valence-corrected chi connectivity index (χ1v) is 9.76. The maximum absolute atomic E-state index is 4.35. The number of halogens is 1. The molecule has 1 unspecified atom stereocenters. The molecule has 3 rings (SSSR count). The van der Waals surface area contributed by atoms with Crippen LogP contribution in [0.1, 0.15) is 16.5 Å². The van der Waals surface area contributed by atoms with E-state index in [1.165, 1.54) is 21.3 Å². The average molecular weight is 497 g/mol. The lowest BCUT2D eigenvalue weighted by molar-refractivity contribution is 0.302. The van der Waals surface area contributed by atoms with Gasteiger partial charge in [-0.1, -0.05) is 24.3 Å². The summed E-state index contributed by atoms with van der Waals surface area (Å²) in [6.45, 7) is 1.66. The molecular formula is C20H28IN5S. The molecule has 1 aromatic carbocycles. The van der Waals surface area contributed by atoms with Gasteiger partial charge in [-0.2, -0.15) is 0 Å². The van der Waals surface area contributed by atoms with Crippen LogP contribution in [0.2, 0.25) is 0 Å². The summed E-state index contributed by atoms with van der Waals surface area (Å²) in [6.07, 6.45) is 3.05. The molecule has 0 amide bonds. The van der Waals surface area contributed by atoms with Crippen LogP contribution in [0.15, 0.2) is 53.0 Å². The highest BCUT2D eigenvalue weighted by Crippen LogP contribution is 2.22. The highest BCUT2D eigenvalue weighted by atomic mass is 127. The molecule has 5 nitrogen and oxygen atoms in total. The molecule has 3 aromatic rings. The Balaban J connectivity index is 0.00000261. The minimum Gasteiger partial charge on any atom is -0.361 e. The standard InChI is InChI=1S/C20H27N5S.HI/c1-21-20(24-14-18(25(2)3)19-9-6-12-26-19)22-11-10-15-13-23-17-8-5-4-7-16(15)17;/h4-9,12-13,18,23H,10-11,14H2,1-3H3,(H2,21,22,24);1H. The number of aromatic amines is 1. The van der Waals surface area contributed by atoms with Crippen molar-refractivity contribution in [1.29, 1.82) is 0 Å². The number of para-hydroxylation sites is 1. The monoisotopic (exact) mass is 497 g/mol. The lowest BCUT2D eigenvalue weighted by Crippen LogP contribution is -2.42. The number of likely N-dealkylation sites (N-methyl/N-ethyl adjacent to an activating group) is 1. The van der Waals surface area contributed by atoms with Gasteiger partial charge < -0.3 is 20.5 Å². The van der Waals surface area contributed by atoms with Crippen LogP contribution in [0.25, 0.3) is 10.9 Å². The predicted molar refractivity (Wildman–Crippen MR) is 128 cm³/mol. The fraction of sp³-hybridized carbons (Fsp3) is 0.350. The second-order valence-electron chi connectivity index (χ2n) is 6.48. The molecule has 2 heterocycles. The fourth-order valence-electron chi connectivity index (χ4n) is 3.09. The van der Waals surface area contributed by atoms with E-state index < -0.39 is 0 Å². The molecular weight excluding hydrogens is 469 g/mol. The third-order valence-electron chi connectivity index (χ3n) is 4.54. The molecule has 0 radical (unpaired) electrons. The molecule has 0 saturated carbocycles. The van der Waals surface area contributed by atoms with Crippen molar-refractivity contribution < 1.29 is 0 Å². The quantitative estimate of drug-likeness (QED) is 0.264. The van der Waals surface area contributed by atoms with Crippen molar-refractivity contribution in [1.82, 2.24) is 20.5 Å². The van der Waals surface area contributed by atoms with Gasteiger partial charge >= 0.3 is 0 Å². The number of thiophene rings is 1. The highest BCUT2D eigenvalue weighted by molar-refractivity contribution is 14.0. The molecule has 3 N–H and O–H groups in total. The first kappa shape index (κ1) is 21.7. The van der Waals surface area contributed by atoms with E-state index in [9.17, 15) is 0 Å². The van der Waals surface area contributed by atoms with Crippen molar-refractivity contribution in [3.05, 3.63) is 58.4 Å². The van der Waals surface area contributed by atoms with E-state index in [4.69, 9.17) is 0 Å². The lowest BCUT2D eigenvalue weighted by atomic mass is 10.1. The van der Waals surface area contributed by atoms with Crippen LogP contribution in [-0.2, 0) is 6.42 Å². The first-order chi connectivity index (χ1) is 12.7. The van der Waals surface area contributed by atoms with E-state index in [1.54, 1.807) is 11.3 Å². The van der Waals surface area contributed by atoms with Crippen LogP contribution in [0.3, 0.4) is 0 Å². The van der Waals surface area contributed by atoms with Crippen LogP contribution in [0.4, 0.5) is 0 Å². The van der Waals surface area contributed by atoms with Gasteiger partial charge in [0.1, 0.15) is 0 Å². The summed E-state index contributed by atoms with van der Waals surface area (Å²) in [6, 6.07) is 13.0. The Morgan fingerprint density at radius 1 is 1.19 bits per heavy atom. The smallest absolute Gasteiger partial charge is 0.191 e. The second-order valence-corrected chi connectivity index (χ2v) is 7.46. The number of aliphatic imine (C=N–C) groups is 1. The molecule has 7 heteroatoms. The third kappa shape index (κ3) is 5.70. The van der Waals surface area contributed by atoms with Gasteiger partial charge in [0.05, 0.1) is 6.04 Å². The summed E-state index contributed by atoms with van der Waals surface area (Å²) < 4.78 is 0.